The highest BCUT2D eigenvalue weighted by atomic mass is 16.2. The molecule has 3 heterocycles. The smallest absolute Gasteiger partial charge is 0.281 e. The van der Waals surface area contributed by atoms with E-state index in [0.29, 0.717) is 43.4 Å². The van der Waals surface area contributed by atoms with Crippen LogP contribution in [0.3, 0.4) is 0 Å². The molecule has 1 aliphatic heterocycles. The first-order valence-electron chi connectivity index (χ1n) is 10.2. The van der Waals surface area contributed by atoms with E-state index in [1.165, 1.54) is 0 Å². The second-order valence-corrected chi connectivity index (χ2v) is 8.11. The summed E-state index contributed by atoms with van der Waals surface area (Å²) < 4.78 is 1.67. The molecule has 1 fully saturated rings. The second-order valence-electron chi connectivity index (χ2n) is 8.11. The monoisotopic (exact) mass is 394 g/mol. The average Bonchev–Trinajstić information content (AvgIpc) is 3.12. The molecule has 0 radical (unpaired) electrons. The highest BCUT2D eigenvalue weighted by Gasteiger charge is 2.26. The van der Waals surface area contributed by atoms with Crippen LogP contribution in [0.4, 0.5) is 0 Å². The van der Waals surface area contributed by atoms with Crippen molar-refractivity contribution in [3.05, 3.63) is 52.1 Å². The maximum atomic E-state index is 12.5. The fourth-order valence-corrected chi connectivity index (χ4v) is 3.82. The molecule has 1 saturated heterocycles. The van der Waals surface area contributed by atoms with Crippen molar-refractivity contribution in [2.45, 2.75) is 45.6 Å². The van der Waals surface area contributed by atoms with E-state index in [0.717, 1.165) is 18.4 Å². The Kier molecular flexibility index (Phi) is 5.42. The zero-order chi connectivity index (χ0) is 20.4. The molecule has 29 heavy (non-hydrogen) atoms. The van der Waals surface area contributed by atoms with Gasteiger partial charge in [0.05, 0.1) is 6.54 Å². The lowest BCUT2D eigenvalue weighted by molar-refractivity contribution is -0.133. The molecule has 8 nitrogen and oxygen atoms in total. The highest BCUT2D eigenvalue weighted by Crippen LogP contribution is 2.26. The zero-order valence-electron chi connectivity index (χ0n) is 16.8. The summed E-state index contributed by atoms with van der Waals surface area (Å²) in [6.07, 6.45) is 2.16. The Morgan fingerprint density at radius 1 is 1.21 bits per heavy atom. The van der Waals surface area contributed by atoms with E-state index in [1.807, 2.05) is 35.2 Å². The fourth-order valence-electron chi connectivity index (χ4n) is 3.82. The maximum Gasteiger partial charge on any atom is 0.281 e. The van der Waals surface area contributed by atoms with Gasteiger partial charge in [0.25, 0.3) is 5.56 Å². The molecule has 3 aromatic rings. The van der Waals surface area contributed by atoms with E-state index in [-0.39, 0.29) is 22.9 Å². The first-order chi connectivity index (χ1) is 14.0. The molecule has 0 unspecified atom stereocenters. The lowest BCUT2D eigenvalue weighted by atomic mass is 9.95. The summed E-state index contributed by atoms with van der Waals surface area (Å²) in [5.74, 6) is 1.35. The lowest BCUT2D eigenvalue weighted by Gasteiger charge is -2.32. The number of fused-ring (bicyclic) bond motifs is 1. The van der Waals surface area contributed by atoms with Crippen molar-refractivity contribution in [2.75, 3.05) is 13.1 Å². The number of rotatable bonds is 5. The topological polar surface area (TPSA) is 96.8 Å². The number of likely N-dealkylation sites (tertiary alicyclic amines) is 1. The van der Waals surface area contributed by atoms with Crippen LogP contribution in [0.25, 0.3) is 11.2 Å². The molecule has 0 aliphatic carbocycles. The largest absolute Gasteiger partial charge is 0.343 e. The Morgan fingerprint density at radius 2 is 1.93 bits per heavy atom. The maximum absolute atomic E-state index is 12.5. The van der Waals surface area contributed by atoms with E-state index in [9.17, 15) is 9.59 Å². The Labute approximate surface area is 168 Å². The van der Waals surface area contributed by atoms with Crippen molar-refractivity contribution in [1.29, 1.82) is 0 Å². The number of hydrogen-bond donors (Lipinski definition) is 1. The van der Waals surface area contributed by atoms with Crippen molar-refractivity contribution >= 4 is 17.1 Å². The van der Waals surface area contributed by atoms with Crippen LogP contribution < -0.4 is 5.56 Å². The molecule has 1 aromatic carbocycles. The van der Waals surface area contributed by atoms with Crippen molar-refractivity contribution < 1.29 is 4.79 Å². The van der Waals surface area contributed by atoms with Gasteiger partial charge in [0.15, 0.2) is 11.2 Å². The van der Waals surface area contributed by atoms with Crippen LogP contribution in [0.15, 0.2) is 35.1 Å². The summed E-state index contributed by atoms with van der Waals surface area (Å²) in [6.45, 7) is 6.01. The summed E-state index contributed by atoms with van der Waals surface area (Å²) in [6, 6.07) is 9.90. The first kappa shape index (κ1) is 19.3. The number of amides is 1. The van der Waals surface area contributed by atoms with Crippen LogP contribution in [0.2, 0.25) is 0 Å². The van der Waals surface area contributed by atoms with Crippen LogP contribution in [-0.2, 0) is 11.3 Å². The van der Waals surface area contributed by atoms with E-state index < -0.39 is 0 Å². The molecule has 2 aromatic heterocycles. The first-order valence-corrected chi connectivity index (χ1v) is 10.2. The normalized spacial score (nSPS) is 15.3. The Morgan fingerprint density at radius 3 is 2.62 bits per heavy atom. The minimum Gasteiger partial charge on any atom is -0.343 e. The number of aromatic amines is 1. The van der Waals surface area contributed by atoms with Crippen molar-refractivity contribution in [1.82, 2.24) is 29.9 Å². The fraction of sp³-hybridized carbons (Fsp3) is 0.476. The van der Waals surface area contributed by atoms with Gasteiger partial charge >= 0.3 is 0 Å². The third-order valence-corrected chi connectivity index (χ3v) is 5.38. The molecule has 0 atom stereocenters. The quantitative estimate of drug-likeness (QED) is 0.716. The standard InChI is InChI=1S/C21H26N6O2/c1-14(2)12-17(28)26-10-8-16(9-11-26)19-22-20-18(21(29)23-19)24-25-27(20)13-15-6-4-3-5-7-15/h3-7,14,16H,8-13H2,1-2H3,(H,22,23,29). The third kappa shape index (κ3) is 4.21. The summed E-state index contributed by atoms with van der Waals surface area (Å²) in [5.41, 5.74) is 1.57. The predicted octanol–water partition coefficient (Wildman–Crippen LogP) is 2.32. The molecular formula is C21H26N6O2. The number of aromatic nitrogens is 5. The van der Waals surface area contributed by atoms with Gasteiger partial charge in [0, 0.05) is 25.4 Å². The molecule has 8 heteroatoms. The molecule has 1 aliphatic rings. The number of carbonyl (C=O) groups is 1. The molecular weight excluding hydrogens is 368 g/mol. The minimum absolute atomic E-state index is 0.121. The summed E-state index contributed by atoms with van der Waals surface area (Å²) in [5, 5.41) is 8.15. The third-order valence-electron chi connectivity index (χ3n) is 5.38. The molecule has 4 rings (SSSR count). The number of hydrogen-bond acceptors (Lipinski definition) is 5. The van der Waals surface area contributed by atoms with Crippen LogP contribution in [0, 0.1) is 5.92 Å². The van der Waals surface area contributed by atoms with Crippen LogP contribution in [0.5, 0.6) is 0 Å². The average molecular weight is 394 g/mol. The number of nitrogens with one attached hydrogen (secondary N) is 1. The van der Waals surface area contributed by atoms with Gasteiger partial charge in [-0.05, 0) is 24.3 Å². The molecule has 0 spiro atoms. The summed E-state index contributed by atoms with van der Waals surface area (Å²) in [4.78, 5) is 34.3. The van der Waals surface area contributed by atoms with Gasteiger partial charge in [-0.15, -0.1) is 5.10 Å². The second kappa shape index (κ2) is 8.14. The predicted molar refractivity (Wildman–Crippen MR) is 109 cm³/mol. The van der Waals surface area contributed by atoms with Crippen molar-refractivity contribution in [2.24, 2.45) is 5.92 Å². The molecule has 0 saturated carbocycles. The van der Waals surface area contributed by atoms with E-state index in [2.05, 4.69) is 29.1 Å². The van der Waals surface area contributed by atoms with E-state index in [1.54, 1.807) is 4.68 Å². The van der Waals surface area contributed by atoms with Crippen LogP contribution in [0.1, 0.15) is 50.4 Å². The molecule has 1 amide bonds. The van der Waals surface area contributed by atoms with Gasteiger partial charge < -0.3 is 9.88 Å². The Bertz CT molecular complexity index is 1050. The summed E-state index contributed by atoms with van der Waals surface area (Å²) >= 11 is 0. The highest BCUT2D eigenvalue weighted by molar-refractivity contribution is 5.76. The Balaban J connectivity index is 1.54. The van der Waals surface area contributed by atoms with Gasteiger partial charge in [-0.25, -0.2) is 9.67 Å². The number of H-pyrrole nitrogens is 1. The Hall–Kier alpha value is -3.03. The SMILES string of the molecule is CC(C)CC(=O)N1CCC(c2nc3c(nnn3Cc3ccccc3)c(=O)[nH]2)CC1. The number of benzene rings is 1. The van der Waals surface area contributed by atoms with Crippen LogP contribution in [-0.4, -0.2) is 48.9 Å². The lowest BCUT2D eigenvalue weighted by Crippen LogP contribution is -2.38. The number of nitrogens with zero attached hydrogens (tertiary/aromatic N) is 5. The van der Waals surface area contributed by atoms with Crippen molar-refractivity contribution in [3.63, 3.8) is 0 Å². The van der Waals surface area contributed by atoms with Gasteiger partial charge in [-0.3, -0.25) is 9.59 Å². The van der Waals surface area contributed by atoms with Gasteiger partial charge in [-0.1, -0.05) is 49.4 Å². The van der Waals surface area contributed by atoms with Crippen molar-refractivity contribution in [3.8, 4) is 0 Å². The van der Waals surface area contributed by atoms with E-state index >= 15 is 0 Å². The van der Waals surface area contributed by atoms with Crippen LogP contribution >= 0.6 is 0 Å². The van der Waals surface area contributed by atoms with E-state index in [4.69, 9.17) is 4.98 Å². The minimum atomic E-state index is -0.261. The molecule has 1 N–H and O–H groups in total. The van der Waals surface area contributed by atoms with Gasteiger partial charge in [-0.2, -0.15) is 0 Å². The van der Waals surface area contributed by atoms with Gasteiger partial charge in [0.2, 0.25) is 5.91 Å². The zero-order valence-corrected chi connectivity index (χ0v) is 16.8. The number of piperidine rings is 1. The van der Waals surface area contributed by atoms with Gasteiger partial charge in [0.1, 0.15) is 5.82 Å². The molecule has 0 bridgehead atoms. The summed E-state index contributed by atoms with van der Waals surface area (Å²) in [7, 11) is 0. The number of carbonyl (C=O) groups excluding carboxylic acids is 1. The molecule has 152 valence electrons.